The molecule has 5 heteroatoms. The standard InChI is InChI=1S/C20H42BrO3P/c21-19-17-15-13-11-9-7-5-3-1-2-4-6-8-10-12-14-16-18-20-25(22,23)24/h1-20H2,(H2,22,23,24). The van der Waals surface area contributed by atoms with Crippen LogP contribution in [0.4, 0.5) is 0 Å². The number of halogens is 1. The summed E-state index contributed by atoms with van der Waals surface area (Å²) >= 11 is 3.48. The van der Waals surface area contributed by atoms with Gasteiger partial charge in [0.15, 0.2) is 0 Å². The van der Waals surface area contributed by atoms with Crippen LogP contribution < -0.4 is 0 Å². The van der Waals surface area contributed by atoms with Crippen molar-refractivity contribution < 1.29 is 14.4 Å². The van der Waals surface area contributed by atoms with Gasteiger partial charge >= 0.3 is 7.60 Å². The van der Waals surface area contributed by atoms with E-state index in [0.717, 1.165) is 18.2 Å². The second kappa shape index (κ2) is 19.4. The Morgan fingerprint density at radius 1 is 0.480 bits per heavy atom. The lowest BCUT2D eigenvalue weighted by Gasteiger charge is -2.04. The maximum atomic E-state index is 10.7. The third-order valence-corrected chi connectivity index (χ3v) is 6.29. The number of hydrogen-bond acceptors (Lipinski definition) is 1. The molecule has 0 aromatic rings. The van der Waals surface area contributed by atoms with Crippen LogP contribution in [0.5, 0.6) is 0 Å². The molecule has 0 rings (SSSR count). The zero-order valence-electron chi connectivity index (χ0n) is 16.3. The third-order valence-electron chi connectivity index (χ3n) is 4.83. The molecule has 2 N–H and O–H groups in total. The zero-order chi connectivity index (χ0) is 18.6. The molecule has 0 bridgehead atoms. The van der Waals surface area contributed by atoms with E-state index in [1.54, 1.807) is 0 Å². The van der Waals surface area contributed by atoms with Crippen molar-refractivity contribution in [2.24, 2.45) is 0 Å². The molecule has 25 heavy (non-hydrogen) atoms. The molecule has 152 valence electrons. The summed E-state index contributed by atoms with van der Waals surface area (Å²) in [5.41, 5.74) is 0. The fraction of sp³-hybridized carbons (Fsp3) is 1.00. The van der Waals surface area contributed by atoms with E-state index < -0.39 is 7.60 Å². The van der Waals surface area contributed by atoms with Crippen LogP contribution in [0.2, 0.25) is 0 Å². The van der Waals surface area contributed by atoms with Gasteiger partial charge in [-0.25, -0.2) is 0 Å². The van der Waals surface area contributed by atoms with Crippen molar-refractivity contribution in [1.82, 2.24) is 0 Å². The van der Waals surface area contributed by atoms with Crippen LogP contribution in [0.1, 0.15) is 116 Å². The molecule has 0 heterocycles. The molecule has 0 aromatic heterocycles. The summed E-state index contributed by atoms with van der Waals surface area (Å²) in [6, 6.07) is 0. The summed E-state index contributed by atoms with van der Waals surface area (Å²) in [7, 11) is -3.76. The molecule has 0 aliphatic heterocycles. The summed E-state index contributed by atoms with van der Waals surface area (Å²) in [6.07, 6.45) is 23.4. The molecule has 0 saturated heterocycles. The van der Waals surface area contributed by atoms with Gasteiger partial charge in [0, 0.05) is 11.5 Å². The van der Waals surface area contributed by atoms with Crippen molar-refractivity contribution in [2.45, 2.75) is 116 Å². The van der Waals surface area contributed by atoms with Crippen LogP contribution in [0, 0.1) is 0 Å². The minimum atomic E-state index is -3.76. The van der Waals surface area contributed by atoms with Crippen molar-refractivity contribution in [1.29, 1.82) is 0 Å². The molecule has 3 nitrogen and oxygen atoms in total. The Labute approximate surface area is 165 Å². The van der Waals surface area contributed by atoms with E-state index in [4.69, 9.17) is 9.79 Å². The average Bonchev–Trinajstić information content (AvgIpc) is 2.56. The monoisotopic (exact) mass is 440 g/mol. The Bertz CT molecular complexity index is 307. The summed E-state index contributed by atoms with van der Waals surface area (Å²) in [4.78, 5) is 17.5. The molecule has 0 aliphatic rings. The first-order chi connectivity index (χ1) is 12.1. The first-order valence-electron chi connectivity index (χ1n) is 10.7. The van der Waals surface area contributed by atoms with Crippen LogP contribution in [-0.2, 0) is 4.57 Å². The van der Waals surface area contributed by atoms with E-state index in [-0.39, 0.29) is 6.16 Å². The van der Waals surface area contributed by atoms with E-state index in [2.05, 4.69) is 15.9 Å². The lowest BCUT2D eigenvalue weighted by atomic mass is 10.0. The zero-order valence-corrected chi connectivity index (χ0v) is 18.8. The highest BCUT2D eigenvalue weighted by Gasteiger charge is 2.10. The van der Waals surface area contributed by atoms with E-state index in [1.807, 2.05) is 0 Å². The number of alkyl halides is 1. The normalized spacial score (nSPS) is 12.0. The first-order valence-corrected chi connectivity index (χ1v) is 13.6. The molecule has 0 saturated carbocycles. The fourth-order valence-corrected chi connectivity index (χ4v) is 4.27. The topological polar surface area (TPSA) is 57.5 Å². The van der Waals surface area contributed by atoms with Crippen LogP contribution >= 0.6 is 23.5 Å². The molecular formula is C20H42BrO3P. The van der Waals surface area contributed by atoms with Crippen molar-refractivity contribution in [3.05, 3.63) is 0 Å². The molecule has 0 atom stereocenters. The van der Waals surface area contributed by atoms with Crippen LogP contribution in [0.25, 0.3) is 0 Å². The van der Waals surface area contributed by atoms with Gasteiger partial charge in [-0.3, -0.25) is 4.57 Å². The number of unbranched alkanes of at least 4 members (excludes halogenated alkanes) is 17. The molecule has 0 amide bonds. The highest BCUT2D eigenvalue weighted by molar-refractivity contribution is 9.09. The summed E-state index contributed by atoms with van der Waals surface area (Å²) in [5, 5.41) is 1.16. The maximum absolute atomic E-state index is 10.7. The van der Waals surface area contributed by atoms with Crippen LogP contribution in [-0.4, -0.2) is 21.3 Å². The lowest BCUT2D eigenvalue weighted by molar-refractivity contribution is 0.370. The van der Waals surface area contributed by atoms with Gasteiger partial charge in [-0.2, -0.15) is 0 Å². The van der Waals surface area contributed by atoms with E-state index in [1.165, 1.54) is 96.3 Å². The average molecular weight is 441 g/mol. The highest BCUT2D eigenvalue weighted by Crippen LogP contribution is 2.35. The van der Waals surface area contributed by atoms with Crippen LogP contribution in [0.15, 0.2) is 0 Å². The first kappa shape index (κ1) is 25.6. The minimum Gasteiger partial charge on any atom is -0.324 e. The van der Waals surface area contributed by atoms with Crippen molar-refractivity contribution in [3.8, 4) is 0 Å². The van der Waals surface area contributed by atoms with E-state index in [9.17, 15) is 4.57 Å². The Hall–Kier alpha value is 0.630. The second-order valence-corrected chi connectivity index (χ2v) is 10.0. The van der Waals surface area contributed by atoms with Gasteiger partial charge in [-0.05, 0) is 12.8 Å². The van der Waals surface area contributed by atoms with Crippen molar-refractivity contribution in [3.63, 3.8) is 0 Å². The Kier molecular flexibility index (Phi) is 19.9. The highest BCUT2D eigenvalue weighted by atomic mass is 79.9. The quantitative estimate of drug-likeness (QED) is 0.116. The van der Waals surface area contributed by atoms with Gasteiger partial charge in [0.05, 0.1) is 0 Å². The molecule has 0 unspecified atom stereocenters. The summed E-state index contributed by atoms with van der Waals surface area (Å²) in [5.74, 6) is 0. The van der Waals surface area contributed by atoms with Crippen molar-refractivity contribution in [2.75, 3.05) is 11.5 Å². The maximum Gasteiger partial charge on any atom is 0.325 e. The van der Waals surface area contributed by atoms with Crippen LogP contribution in [0.3, 0.4) is 0 Å². The second-order valence-electron chi connectivity index (χ2n) is 7.44. The number of rotatable bonds is 20. The molecular weight excluding hydrogens is 399 g/mol. The molecule has 0 aliphatic carbocycles. The SMILES string of the molecule is O=P(O)(O)CCCCCCCCCCCCCCCCCCCCBr. The Balaban J connectivity index is 3.02. The Morgan fingerprint density at radius 3 is 0.960 bits per heavy atom. The lowest BCUT2D eigenvalue weighted by Crippen LogP contribution is -1.88. The predicted molar refractivity (Wildman–Crippen MR) is 114 cm³/mol. The molecule has 0 aromatic carbocycles. The third kappa shape index (κ3) is 24.6. The molecule has 0 radical (unpaired) electrons. The van der Waals surface area contributed by atoms with E-state index in [0.29, 0.717) is 6.42 Å². The number of hydrogen-bond donors (Lipinski definition) is 2. The van der Waals surface area contributed by atoms with Gasteiger partial charge in [-0.15, -0.1) is 0 Å². The van der Waals surface area contributed by atoms with Gasteiger partial charge in [0.25, 0.3) is 0 Å². The molecule has 0 spiro atoms. The smallest absolute Gasteiger partial charge is 0.324 e. The van der Waals surface area contributed by atoms with Gasteiger partial charge in [0.2, 0.25) is 0 Å². The minimum absolute atomic E-state index is 0.0597. The largest absolute Gasteiger partial charge is 0.325 e. The molecule has 0 fully saturated rings. The summed E-state index contributed by atoms with van der Waals surface area (Å²) in [6.45, 7) is 0. The predicted octanol–water partition coefficient (Wildman–Crippen LogP) is 7.58. The summed E-state index contributed by atoms with van der Waals surface area (Å²) < 4.78 is 10.7. The Morgan fingerprint density at radius 2 is 0.720 bits per heavy atom. The van der Waals surface area contributed by atoms with Gasteiger partial charge in [-0.1, -0.05) is 119 Å². The van der Waals surface area contributed by atoms with Gasteiger partial charge in [0.1, 0.15) is 0 Å². The van der Waals surface area contributed by atoms with E-state index >= 15 is 0 Å². The fourth-order valence-electron chi connectivity index (χ4n) is 3.24. The van der Waals surface area contributed by atoms with Gasteiger partial charge < -0.3 is 9.79 Å². The van der Waals surface area contributed by atoms with Crippen molar-refractivity contribution >= 4 is 23.5 Å².